The van der Waals surface area contributed by atoms with Gasteiger partial charge < -0.3 is 20.5 Å². The Morgan fingerprint density at radius 2 is 1.56 bits per heavy atom. The first-order valence-electron chi connectivity index (χ1n) is 10.8. The third-order valence-corrected chi connectivity index (χ3v) is 5.77. The minimum absolute atomic E-state index is 0.150. The van der Waals surface area contributed by atoms with Crippen molar-refractivity contribution in [1.29, 1.82) is 0 Å². The molecule has 1 aliphatic carbocycles. The fourth-order valence-electron chi connectivity index (χ4n) is 3.85. The minimum atomic E-state index is -0.599. The van der Waals surface area contributed by atoms with Crippen molar-refractivity contribution in [3.05, 3.63) is 89.4 Å². The van der Waals surface area contributed by atoms with E-state index < -0.39 is 23.7 Å². The zero-order valence-electron chi connectivity index (χ0n) is 18.5. The molecule has 3 N–H and O–H groups in total. The molecule has 34 heavy (non-hydrogen) atoms. The summed E-state index contributed by atoms with van der Waals surface area (Å²) in [4.78, 5) is 44.6. The maximum absolute atomic E-state index is 13.0. The van der Waals surface area contributed by atoms with E-state index in [-0.39, 0.29) is 29.3 Å². The largest absolute Gasteiger partial charge is 0.493 e. The first-order chi connectivity index (χ1) is 16.5. The van der Waals surface area contributed by atoms with Crippen molar-refractivity contribution in [2.45, 2.75) is 24.9 Å². The summed E-state index contributed by atoms with van der Waals surface area (Å²) in [5.41, 5.74) is 1.58. The van der Waals surface area contributed by atoms with Gasteiger partial charge >= 0.3 is 5.97 Å². The minimum Gasteiger partial charge on any atom is -0.493 e. The molecule has 0 radical (unpaired) electrons. The Balaban J connectivity index is 1.45. The molecule has 174 valence electrons. The Labute approximate surface area is 196 Å². The number of amides is 2. The van der Waals surface area contributed by atoms with E-state index in [2.05, 4.69) is 25.3 Å². The van der Waals surface area contributed by atoms with Crippen LogP contribution < -0.4 is 10.6 Å². The van der Waals surface area contributed by atoms with Gasteiger partial charge in [-0.05, 0) is 24.0 Å². The standard InChI is InChI=1S/C25H24N4O5/c1-34-25(33)17-12-18(13-17)27-24(32)21-26-14-19(23(31)29-21)22(30)28-20(15-8-4-2-5-9-15)16-10-6-3-7-11-16/h2-11,14,17-18,20H,12-13H2,1H3,(H,27,32)(H,28,30)(H,26,29,31)/t17-,18-. The van der Waals surface area contributed by atoms with Gasteiger partial charge in [0.15, 0.2) is 0 Å². The lowest BCUT2D eigenvalue weighted by atomic mass is 9.80. The number of methoxy groups -OCH3 is 1. The lowest BCUT2D eigenvalue weighted by molar-refractivity contribution is -0.149. The summed E-state index contributed by atoms with van der Waals surface area (Å²) in [5.74, 6) is -2.59. The molecule has 0 saturated heterocycles. The maximum atomic E-state index is 13.0. The van der Waals surface area contributed by atoms with Crippen LogP contribution in [0.25, 0.3) is 0 Å². The van der Waals surface area contributed by atoms with E-state index in [4.69, 9.17) is 0 Å². The molecule has 0 spiro atoms. The van der Waals surface area contributed by atoms with Gasteiger partial charge in [0.05, 0.1) is 19.1 Å². The molecule has 3 aromatic rings. The van der Waals surface area contributed by atoms with E-state index >= 15 is 0 Å². The molecule has 0 unspecified atom stereocenters. The molecule has 9 heteroatoms. The average Bonchev–Trinajstić information content (AvgIpc) is 2.84. The van der Waals surface area contributed by atoms with Crippen molar-refractivity contribution in [3.63, 3.8) is 0 Å². The lowest BCUT2D eigenvalue weighted by Gasteiger charge is -2.33. The van der Waals surface area contributed by atoms with E-state index in [0.717, 1.165) is 17.3 Å². The van der Waals surface area contributed by atoms with Gasteiger partial charge in [-0.25, -0.2) is 4.98 Å². The number of carbonyl (C=O) groups excluding carboxylic acids is 3. The number of carbonyl (C=O) groups is 3. The van der Waals surface area contributed by atoms with Crippen molar-refractivity contribution in [2.75, 3.05) is 7.11 Å². The van der Waals surface area contributed by atoms with Crippen LogP contribution in [-0.4, -0.2) is 46.0 Å². The Kier molecular flexibility index (Phi) is 6.82. The number of nitrogens with one attached hydrogen (secondary N) is 2. The maximum Gasteiger partial charge on any atom is 0.308 e. The fraction of sp³-hybridized carbons (Fsp3) is 0.240. The quantitative estimate of drug-likeness (QED) is 0.462. The fourth-order valence-corrected chi connectivity index (χ4v) is 3.85. The van der Waals surface area contributed by atoms with E-state index in [1.165, 1.54) is 7.11 Å². The Bertz CT molecular complexity index is 1140. The van der Waals surface area contributed by atoms with Crippen LogP contribution in [-0.2, 0) is 9.53 Å². The SMILES string of the molecule is COC(=O)[C@H]1C[C@H](NC(=O)c2ncc(C(=O)NC(c3ccccc3)c3ccccc3)c(O)n2)C1. The second kappa shape index (κ2) is 10.1. The molecule has 2 amide bonds. The van der Waals surface area contributed by atoms with Crippen LogP contribution in [0.15, 0.2) is 66.9 Å². The van der Waals surface area contributed by atoms with Crippen molar-refractivity contribution < 1.29 is 24.2 Å². The number of hydrogen-bond donors (Lipinski definition) is 3. The number of aromatic hydroxyl groups is 1. The number of aromatic nitrogens is 2. The van der Waals surface area contributed by atoms with Crippen LogP contribution in [0.4, 0.5) is 0 Å². The van der Waals surface area contributed by atoms with Crippen molar-refractivity contribution >= 4 is 17.8 Å². The summed E-state index contributed by atoms with van der Waals surface area (Å²) in [6, 6.07) is 18.2. The third-order valence-electron chi connectivity index (χ3n) is 5.77. The molecule has 1 fully saturated rings. The van der Waals surface area contributed by atoms with Gasteiger partial charge in [0.25, 0.3) is 11.8 Å². The van der Waals surface area contributed by atoms with Crippen LogP contribution in [0, 0.1) is 5.92 Å². The Hall–Kier alpha value is -4.27. The molecule has 4 rings (SSSR count). The molecule has 1 saturated carbocycles. The van der Waals surface area contributed by atoms with Crippen molar-refractivity contribution in [3.8, 4) is 5.88 Å². The van der Waals surface area contributed by atoms with Gasteiger partial charge in [0.2, 0.25) is 11.7 Å². The molecule has 1 aromatic heterocycles. The number of benzene rings is 2. The Morgan fingerprint density at radius 1 is 0.971 bits per heavy atom. The summed E-state index contributed by atoms with van der Waals surface area (Å²) >= 11 is 0. The molecule has 9 nitrogen and oxygen atoms in total. The second-order valence-electron chi connectivity index (χ2n) is 8.02. The summed E-state index contributed by atoms with van der Waals surface area (Å²) in [6.45, 7) is 0. The molecule has 0 aliphatic heterocycles. The predicted molar refractivity (Wildman–Crippen MR) is 122 cm³/mol. The van der Waals surface area contributed by atoms with Gasteiger partial charge in [-0.3, -0.25) is 14.4 Å². The lowest BCUT2D eigenvalue weighted by Crippen LogP contribution is -2.47. The molecule has 2 aromatic carbocycles. The summed E-state index contributed by atoms with van der Waals surface area (Å²) in [7, 11) is 1.32. The molecule has 1 heterocycles. The monoisotopic (exact) mass is 460 g/mol. The molecule has 0 bridgehead atoms. The highest BCUT2D eigenvalue weighted by Crippen LogP contribution is 2.28. The topological polar surface area (TPSA) is 131 Å². The van der Waals surface area contributed by atoms with Crippen LogP contribution in [0.3, 0.4) is 0 Å². The van der Waals surface area contributed by atoms with Gasteiger partial charge in [-0.15, -0.1) is 0 Å². The molecular formula is C25H24N4O5. The third kappa shape index (κ3) is 5.03. The highest BCUT2D eigenvalue weighted by molar-refractivity contribution is 5.97. The smallest absolute Gasteiger partial charge is 0.308 e. The highest BCUT2D eigenvalue weighted by Gasteiger charge is 2.36. The zero-order valence-corrected chi connectivity index (χ0v) is 18.5. The second-order valence-corrected chi connectivity index (χ2v) is 8.02. The van der Waals surface area contributed by atoms with Gasteiger partial charge in [-0.1, -0.05) is 60.7 Å². The van der Waals surface area contributed by atoms with E-state index in [9.17, 15) is 19.5 Å². The zero-order chi connectivity index (χ0) is 24.1. The molecule has 1 aliphatic rings. The van der Waals surface area contributed by atoms with Crippen molar-refractivity contribution in [1.82, 2.24) is 20.6 Å². The summed E-state index contributed by atoms with van der Waals surface area (Å²) < 4.78 is 4.68. The normalized spacial score (nSPS) is 16.9. The number of nitrogens with zero attached hydrogens (tertiary/aromatic N) is 2. The average molecular weight is 460 g/mol. The first-order valence-corrected chi connectivity index (χ1v) is 10.8. The Morgan fingerprint density at radius 3 is 2.09 bits per heavy atom. The van der Waals surface area contributed by atoms with E-state index in [1.54, 1.807) is 0 Å². The number of esters is 1. The molecule has 0 atom stereocenters. The summed E-state index contributed by atoms with van der Waals surface area (Å²) in [6.07, 6.45) is 2.05. The first kappa shape index (κ1) is 22.9. The number of hydrogen-bond acceptors (Lipinski definition) is 7. The van der Waals surface area contributed by atoms with Gasteiger partial charge in [-0.2, -0.15) is 4.98 Å². The van der Waals surface area contributed by atoms with Crippen LogP contribution >= 0.6 is 0 Å². The van der Waals surface area contributed by atoms with Crippen LogP contribution in [0.2, 0.25) is 0 Å². The van der Waals surface area contributed by atoms with Gasteiger partial charge in [0.1, 0.15) is 5.56 Å². The molecular weight excluding hydrogens is 436 g/mol. The van der Waals surface area contributed by atoms with Crippen molar-refractivity contribution in [2.24, 2.45) is 5.92 Å². The van der Waals surface area contributed by atoms with Gasteiger partial charge in [0, 0.05) is 12.2 Å². The highest BCUT2D eigenvalue weighted by atomic mass is 16.5. The van der Waals surface area contributed by atoms with Crippen LogP contribution in [0.5, 0.6) is 5.88 Å². The number of rotatable bonds is 7. The number of ether oxygens (including phenoxy) is 1. The predicted octanol–water partition coefficient (Wildman–Crippen LogP) is 2.38. The summed E-state index contributed by atoms with van der Waals surface area (Å²) in [5, 5.41) is 16.0. The van der Waals surface area contributed by atoms with E-state index in [1.807, 2.05) is 60.7 Å². The van der Waals surface area contributed by atoms with Crippen LogP contribution in [0.1, 0.15) is 51.0 Å². The van der Waals surface area contributed by atoms with E-state index in [0.29, 0.717) is 12.8 Å².